The van der Waals surface area contributed by atoms with Crippen molar-refractivity contribution in [3.05, 3.63) is 121 Å². The molecule has 0 bridgehead atoms. The van der Waals surface area contributed by atoms with E-state index in [1.54, 1.807) is 12.1 Å². The van der Waals surface area contributed by atoms with Crippen LogP contribution in [0.5, 0.6) is 0 Å². The zero-order valence-electron chi connectivity index (χ0n) is 19.8. The van der Waals surface area contributed by atoms with E-state index in [0.29, 0.717) is 14.9 Å². The van der Waals surface area contributed by atoms with Crippen molar-refractivity contribution < 1.29 is 4.79 Å². The number of nitrogens with zero attached hydrogens (tertiary/aromatic N) is 2. The van der Waals surface area contributed by atoms with Crippen molar-refractivity contribution in [3.63, 3.8) is 0 Å². The summed E-state index contributed by atoms with van der Waals surface area (Å²) in [6.45, 7) is 5.88. The molecule has 1 aromatic heterocycles. The third kappa shape index (κ3) is 5.16. The molecule has 0 unspecified atom stereocenters. The minimum atomic E-state index is -0.521. The molecule has 4 rings (SSSR count). The van der Waals surface area contributed by atoms with Gasteiger partial charge in [0.25, 0.3) is 11.5 Å². The predicted octanol–water partition coefficient (Wildman–Crippen LogP) is 3.90. The van der Waals surface area contributed by atoms with Gasteiger partial charge in [0, 0.05) is 0 Å². The first kappa shape index (κ1) is 23.9. The van der Waals surface area contributed by atoms with Crippen molar-refractivity contribution in [1.29, 1.82) is 5.26 Å². The third-order valence-corrected chi connectivity index (χ3v) is 6.84. The molecule has 4 aromatic rings. The van der Waals surface area contributed by atoms with Crippen LogP contribution < -0.4 is 20.1 Å². The van der Waals surface area contributed by atoms with Crippen LogP contribution in [0.4, 0.5) is 0 Å². The van der Waals surface area contributed by atoms with Gasteiger partial charge in [0.05, 0.1) is 16.3 Å². The zero-order valence-corrected chi connectivity index (χ0v) is 20.6. The van der Waals surface area contributed by atoms with Gasteiger partial charge in [-0.25, -0.2) is 0 Å². The molecule has 0 spiro atoms. The van der Waals surface area contributed by atoms with Crippen LogP contribution in [0, 0.1) is 25.2 Å². The first-order chi connectivity index (χ1) is 16.9. The van der Waals surface area contributed by atoms with Crippen LogP contribution in [-0.2, 0) is 4.79 Å². The molecule has 6 heteroatoms. The normalized spacial score (nSPS) is 13.1. The van der Waals surface area contributed by atoms with Crippen molar-refractivity contribution in [1.82, 2.24) is 9.88 Å². The zero-order chi connectivity index (χ0) is 24.9. The number of thiazole rings is 1. The molecule has 3 aromatic carbocycles. The molecule has 0 saturated carbocycles. The van der Waals surface area contributed by atoms with Crippen molar-refractivity contribution in [2.24, 2.45) is 0 Å². The number of aryl methyl sites for hydroxylation is 2. The second-order valence-corrected chi connectivity index (χ2v) is 9.38. The van der Waals surface area contributed by atoms with Gasteiger partial charge in [0.1, 0.15) is 10.7 Å². The van der Waals surface area contributed by atoms with Gasteiger partial charge in [0.15, 0.2) is 5.57 Å². The van der Waals surface area contributed by atoms with Crippen molar-refractivity contribution in [2.75, 3.05) is 0 Å². The minimum Gasteiger partial charge on any atom is -0.345 e. The van der Waals surface area contributed by atoms with Crippen molar-refractivity contribution in [2.45, 2.75) is 26.8 Å². The SMILES string of the molecule is Cc1ccc(/C=c2\s/c(=C(/C#N)C(=O)N[C@@H](C)c3ccccc3)n(-c3ccccc3)c2=O)c(C)c1. The number of nitrogens with one attached hydrogen (secondary N) is 1. The maximum absolute atomic E-state index is 13.5. The van der Waals surface area contributed by atoms with E-state index >= 15 is 0 Å². The van der Waals surface area contributed by atoms with Crippen LogP contribution in [0.15, 0.2) is 83.7 Å². The van der Waals surface area contributed by atoms with E-state index in [0.717, 1.165) is 33.6 Å². The number of amides is 1. The Balaban J connectivity index is 1.91. The van der Waals surface area contributed by atoms with E-state index in [9.17, 15) is 14.9 Å². The largest absolute Gasteiger partial charge is 0.345 e. The lowest BCUT2D eigenvalue weighted by Gasteiger charge is -2.13. The fourth-order valence-corrected chi connectivity index (χ4v) is 4.97. The molecule has 0 saturated heterocycles. The lowest BCUT2D eigenvalue weighted by atomic mass is 10.1. The summed E-state index contributed by atoms with van der Waals surface area (Å²) in [6, 6.07) is 26.4. The molecule has 5 nitrogen and oxygen atoms in total. The molecule has 1 N–H and O–H groups in total. The Labute approximate surface area is 207 Å². The lowest BCUT2D eigenvalue weighted by molar-refractivity contribution is -0.116. The van der Waals surface area contributed by atoms with E-state index in [1.165, 1.54) is 4.57 Å². The molecule has 0 aliphatic heterocycles. The van der Waals surface area contributed by atoms with E-state index in [1.807, 2.05) is 93.6 Å². The lowest BCUT2D eigenvalue weighted by Crippen LogP contribution is -2.34. The Bertz CT molecular complexity index is 1590. The molecule has 174 valence electrons. The fraction of sp³-hybridized carbons (Fsp3) is 0.138. The Morgan fingerprint density at radius 1 is 1.03 bits per heavy atom. The van der Waals surface area contributed by atoms with Gasteiger partial charge in [-0.15, -0.1) is 11.3 Å². The van der Waals surface area contributed by atoms with Gasteiger partial charge < -0.3 is 5.32 Å². The van der Waals surface area contributed by atoms with Gasteiger partial charge in [-0.3, -0.25) is 14.2 Å². The summed E-state index contributed by atoms with van der Waals surface area (Å²) in [4.78, 5) is 26.8. The Morgan fingerprint density at radius 3 is 2.31 bits per heavy atom. The molecular weight excluding hydrogens is 454 g/mol. The van der Waals surface area contributed by atoms with Gasteiger partial charge in [-0.2, -0.15) is 5.26 Å². The van der Waals surface area contributed by atoms with E-state index in [2.05, 4.69) is 11.4 Å². The van der Waals surface area contributed by atoms with Gasteiger partial charge in [-0.1, -0.05) is 72.3 Å². The second-order valence-electron chi connectivity index (χ2n) is 8.34. The molecule has 1 amide bonds. The van der Waals surface area contributed by atoms with E-state index in [4.69, 9.17) is 0 Å². The quantitative estimate of drug-likeness (QED) is 0.472. The third-order valence-electron chi connectivity index (χ3n) is 5.75. The molecule has 1 atom stereocenters. The molecule has 0 aliphatic carbocycles. The number of benzene rings is 3. The van der Waals surface area contributed by atoms with E-state index in [-0.39, 0.29) is 17.2 Å². The maximum atomic E-state index is 13.5. The molecule has 0 radical (unpaired) electrons. The number of hydrogen-bond acceptors (Lipinski definition) is 4. The summed E-state index contributed by atoms with van der Waals surface area (Å²) in [7, 11) is 0. The molecule has 35 heavy (non-hydrogen) atoms. The van der Waals surface area contributed by atoms with Gasteiger partial charge in [-0.05, 0) is 55.7 Å². The number of aromatic nitrogens is 1. The van der Waals surface area contributed by atoms with Crippen LogP contribution in [0.1, 0.15) is 35.2 Å². The minimum absolute atomic E-state index is 0.0981. The van der Waals surface area contributed by atoms with Crippen LogP contribution >= 0.6 is 11.3 Å². The highest BCUT2D eigenvalue weighted by Gasteiger charge is 2.19. The molecular formula is C29H25N3O2S. The Kier molecular flexibility index (Phi) is 7.09. The topological polar surface area (TPSA) is 74.9 Å². The first-order valence-corrected chi connectivity index (χ1v) is 12.1. The second kappa shape index (κ2) is 10.4. The summed E-state index contributed by atoms with van der Waals surface area (Å²) in [6.07, 6.45) is 1.82. The monoisotopic (exact) mass is 479 g/mol. The number of carbonyl (C=O) groups excluding carboxylic acids is 1. The number of hydrogen-bond donors (Lipinski definition) is 1. The smallest absolute Gasteiger partial charge is 0.273 e. The maximum Gasteiger partial charge on any atom is 0.273 e. The van der Waals surface area contributed by atoms with Gasteiger partial charge in [0.2, 0.25) is 0 Å². The molecule has 1 heterocycles. The first-order valence-electron chi connectivity index (χ1n) is 11.3. The number of rotatable bonds is 5. The summed E-state index contributed by atoms with van der Waals surface area (Å²) in [5, 5.41) is 12.9. The number of nitriles is 1. The highest BCUT2D eigenvalue weighted by atomic mass is 32.1. The predicted molar refractivity (Wildman–Crippen MR) is 141 cm³/mol. The summed E-state index contributed by atoms with van der Waals surface area (Å²) < 4.78 is 2.20. The fourth-order valence-electron chi connectivity index (χ4n) is 3.88. The number of carbonyl (C=O) groups is 1. The molecule has 0 fully saturated rings. The number of para-hydroxylation sites is 1. The van der Waals surface area contributed by atoms with E-state index < -0.39 is 5.91 Å². The van der Waals surface area contributed by atoms with Gasteiger partial charge >= 0.3 is 0 Å². The highest BCUT2D eigenvalue weighted by molar-refractivity contribution is 7.07. The van der Waals surface area contributed by atoms with Crippen LogP contribution in [0.2, 0.25) is 0 Å². The summed E-state index contributed by atoms with van der Waals surface area (Å²) in [5.74, 6) is -0.521. The summed E-state index contributed by atoms with van der Waals surface area (Å²) >= 11 is 1.15. The van der Waals surface area contributed by atoms with Crippen LogP contribution in [0.25, 0.3) is 17.3 Å². The highest BCUT2D eigenvalue weighted by Crippen LogP contribution is 2.13. The Morgan fingerprint density at radius 2 is 1.69 bits per heavy atom. The van der Waals surface area contributed by atoms with Crippen LogP contribution in [-0.4, -0.2) is 10.5 Å². The van der Waals surface area contributed by atoms with Crippen LogP contribution in [0.3, 0.4) is 0 Å². The Hall–Kier alpha value is -4.21. The molecule has 0 aliphatic rings. The van der Waals surface area contributed by atoms with Crippen molar-refractivity contribution >= 4 is 28.9 Å². The van der Waals surface area contributed by atoms with Crippen molar-refractivity contribution in [3.8, 4) is 11.8 Å². The standard InChI is InChI=1S/C29H25N3O2S/c1-19-14-15-23(20(2)16-19)17-26-28(34)32(24-12-8-5-9-13-24)29(35-26)25(18-30)27(33)31-21(3)22-10-6-4-7-11-22/h4-17,21H,1-3H3,(H,31,33)/b26-17-,29-25-/t21-/m0/s1. The summed E-state index contributed by atoms with van der Waals surface area (Å²) in [5.41, 5.74) is 4.25. The average Bonchev–Trinajstić information content (AvgIpc) is 3.17. The average molecular weight is 480 g/mol.